The molecule has 0 amide bonds. The molecule has 1 atom stereocenters. The average molecular weight is 311 g/mol. The molecule has 0 radical (unpaired) electrons. The first-order valence-electron chi connectivity index (χ1n) is 6.82. The Morgan fingerprint density at radius 1 is 1.33 bits per heavy atom. The molecule has 0 bridgehead atoms. The number of rotatable bonds is 4. The standard InChI is InChI=1S/C14H15F2N3OS/c15-10-4-1-5-11(16)13(10)14-18-12(19-20-14)7-17-9-3-2-6-21-8-9/h1,4-5,9,17H,2-3,6-8H2/t9-/m1/s1. The van der Waals surface area contributed by atoms with Crippen LogP contribution in [0.5, 0.6) is 0 Å². The summed E-state index contributed by atoms with van der Waals surface area (Å²) in [6.45, 7) is 0.435. The van der Waals surface area contributed by atoms with Crippen molar-refractivity contribution >= 4 is 11.8 Å². The van der Waals surface area contributed by atoms with Gasteiger partial charge in [-0.1, -0.05) is 11.2 Å². The van der Waals surface area contributed by atoms with Crippen LogP contribution in [0.3, 0.4) is 0 Å². The number of aromatic nitrogens is 2. The van der Waals surface area contributed by atoms with Crippen molar-refractivity contribution in [3.8, 4) is 11.5 Å². The van der Waals surface area contributed by atoms with Gasteiger partial charge in [0.15, 0.2) is 5.82 Å². The SMILES string of the molecule is Fc1cccc(F)c1-c1nc(CN[C@@H]2CCCSC2)no1. The molecule has 112 valence electrons. The molecule has 0 saturated carbocycles. The fraction of sp³-hybridized carbons (Fsp3) is 0.429. The fourth-order valence-electron chi connectivity index (χ4n) is 2.27. The van der Waals surface area contributed by atoms with E-state index in [0.29, 0.717) is 18.4 Å². The van der Waals surface area contributed by atoms with E-state index in [9.17, 15) is 8.78 Å². The van der Waals surface area contributed by atoms with Gasteiger partial charge in [0.2, 0.25) is 0 Å². The van der Waals surface area contributed by atoms with E-state index in [1.165, 1.54) is 30.4 Å². The van der Waals surface area contributed by atoms with Gasteiger partial charge < -0.3 is 9.84 Å². The summed E-state index contributed by atoms with van der Waals surface area (Å²) in [7, 11) is 0. The van der Waals surface area contributed by atoms with Gasteiger partial charge in [0.25, 0.3) is 5.89 Å². The first kappa shape index (κ1) is 14.5. The van der Waals surface area contributed by atoms with E-state index < -0.39 is 11.6 Å². The van der Waals surface area contributed by atoms with Crippen molar-refractivity contribution in [1.82, 2.24) is 15.5 Å². The van der Waals surface area contributed by atoms with Gasteiger partial charge in [-0.15, -0.1) is 0 Å². The highest BCUT2D eigenvalue weighted by Crippen LogP contribution is 2.24. The molecule has 3 rings (SSSR count). The van der Waals surface area contributed by atoms with E-state index in [1.54, 1.807) is 0 Å². The van der Waals surface area contributed by atoms with Gasteiger partial charge in [0, 0.05) is 11.8 Å². The summed E-state index contributed by atoms with van der Waals surface area (Å²) in [4.78, 5) is 4.06. The van der Waals surface area contributed by atoms with Crippen molar-refractivity contribution in [1.29, 1.82) is 0 Å². The Hall–Kier alpha value is -1.47. The molecule has 1 aromatic heterocycles. The predicted molar refractivity (Wildman–Crippen MR) is 76.8 cm³/mol. The maximum atomic E-state index is 13.6. The zero-order valence-corrected chi connectivity index (χ0v) is 12.1. The van der Waals surface area contributed by atoms with Gasteiger partial charge in [-0.05, 0) is 30.7 Å². The number of hydrogen-bond donors (Lipinski definition) is 1. The molecule has 1 fully saturated rings. The lowest BCUT2D eigenvalue weighted by atomic mass is 10.2. The lowest BCUT2D eigenvalue weighted by Gasteiger charge is -2.21. The van der Waals surface area contributed by atoms with Gasteiger partial charge in [-0.2, -0.15) is 16.7 Å². The summed E-state index contributed by atoms with van der Waals surface area (Å²) in [5.41, 5.74) is -0.274. The maximum absolute atomic E-state index is 13.6. The Kier molecular flexibility index (Phi) is 4.50. The van der Waals surface area contributed by atoms with E-state index >= 15 is 0 Å². The average Bonchev–Trinajstić information content (AvgIpc) is 2.95. The zero-order chi connectivity index (χ0) is 14.7. The molecule has 1 saturated heterocycles. The van der Waals surface area contributed by atoms with Crippen LogP contribution in [-0.4, -0.2) is 27.7 Å². The molecule has 4 nitrogen and oxygen atoms in total. The maximum Gasteiger partial charge on any atom is 0.263 e. The molecule has 21 heavy (non-hydrogen) atoms. The number of benzene rings is 1. The van der Waals surface area contributed by atoms with Crippen LogP contribution in [0.4, 0.5) is 8.78 Å². The summed E-state index contributed by atoms with van der Waals surface area (Å²) < 4.78 is 32.2. The first-order chi connectivity index (χ1) is 10.2. The van der Waals surface area contributed by atoms with Crippen LogP contribution < -0.4 is 5.32 Å². The van der Waals surface area contributed by atoms with E-state index in [1.807, 2.05) is 11.8 Å². The topological polar surface area (TPSA) is 51.0 Å². The van der Waals surface area contributed by atoms with Gasteiger partial charge in [0.05, 0.1) is 6.54 Å². The lowest BCUT2D eigenvalue weighted by molar-refractivity contribution is 0.409. The Labute approximate surface area is 125 Å². The third-order valence-electron chi connectivity index (χ3n) is 3.35. The predicted octanol–water partition coefficient (Wildman–Crippen LogP) is 3.00. The molecule has 2 heterocycles. The van der Waals surface area contributed by atoms with E-state index in [2.05, 4.69) is 15.5 Å². The molecular formula is C14H15F2N3OS. The molecule has 1 aromatic carbocycles. The molecule has 1 aliphatic heterocycles. The number of hydrogen-bond acceptors (Lipinski definition) is 5. The highest BCUT2D eigenvalue weighted by atomic mass is 32.2. The van der Waals surface area contributed by atoms with Crippen LogP contribution in [0.1, 0.15) is 18.7 Å². The van der Waals surface area contributed by atoms with E-state index in [0.717, 1.165) is 12.2 Å². The minimum absolute atomic E-state index is 0.125. The van der Waals surface area contributed by atoms with Crippen LogP contribution in [0.2, 0.25) is 0 Å². The lowest BCUT2D eigenvalue weighted by Crippen LogP contribution is -2.33. The molecule has 0 spiro atoms. The summed E-state index contributed by atoms with van der Waals surface area (Å²) in [5.74, 6) is 1.14. The van der Waals surface area contributed by atoms with Crippen LogP contribution in [-0.2, 0) is 6.54 Å². The van der Waals surface area contributed by atoms with Gasteiger partial charge in [-0.25, -0.2) is 8.78 Å². The number of halogens is 2. The summed E-state index contributed by atoms with van der Waals surface area (Å²) in [6, 6.07) is 4.06. The van der Waals surface area contributed by atoms with E-state index in [-0.39, 0.29) is 11.5 Å². The zero-order valence-electron chi connectivity index (χ0n) is 11.3. The molecule has 7 heteroatoms. The Morgan fingerprint density at radius 3 is 2.86 bits per heavy atom. The van der Waals surface area contributed by atoms with Crippen molar-refractivity contribution in [3.05, 3.63) is 35.7 Å². The Balaban J connectivity index is 1.68. The van der Waals surface area contributed by atoms with Crippen LogP contribution >= 0.6 is 11.8 Å². The van der Waals surface area contributed by atoms with Crippen molar-refractivity contribution < 1.29 is 13.3 Å². The monoisotopic (exact) mass is 311 g/mol. The molecule has 1 N–H and O–H groups in total. The van der Waals surface area contributed by atoms with Gasteiger partial charge in [0.1, 0.15) is 17.2 Å². The smallest absolute Gasteiger partial charge is 0.263 e. The second-order valence-corrected chi connectivity index (χ2v) is 6.06. The molecular weight excluding hydrogens is 296 g/mol. The number of nitrogens with one attached hydrogen (secondary N) is 1. The third-order valence-corrected chi connectivity index (χ3v) is 4.57. The highest BCUT2D eigenvalue weighted by Gasteiger charge is 2.19. The van der Waals surface area contributed by atoms with Gasteiger partial charge in [-0.3, -0.25) is 0 Å². The molecule has 1 aliphatic rings. The van der Waals surface area contributed by atoms with Crippen molar-refractivity contribution in [2.45, 2.75) is 25.4 Å². The largest absolute Gasteiger partial charge is 0.334 e. The highest BCUT2D eigenvalue weighted by molar-refractivity contribution is 7.99. The molecule has 0 unspecified atom stereocenters. The molecule has 2 aromatic rings. The van der Waals surface area contributed by atoms with Crippen molar-refractivity contribution in [2.24, 2.45) is 0 Å². The normalized spacial score (nSPS) is 18.9. The second kappa shape index (κ2) is 6.53. The van der Waals surface area contributed by atoms with Crippen LogP contribution in [0.15, 0.2) is 22.7 Å². The summed E-state index contributed by atoms with van der Waals surface area (Å²) in [6.07, 6.45) is 2.32. The van der Waals surface area contributed by atoms with Crippen LogP contribution in [0.25, 0.3) is 11.5 Å². The second-order valence-electron chi connectivity index (χ2n) is 4.91. The number of thioether (sulfide) groups is 1. The Morgan fingerprint density at radius 2 is 2.14 bits per heavy atom. The van der Waals surface area contributed by atoms with Crippen molar-refractivity contribution in [3.63, 3.8) is 0 Å². The fourth-order valence-corrected chi connectivity index (χ4v) is 3.37. The summed E-state index contributed by atoms with van der Waals surface area (Å²) in [5, 5.41) is 7.11. The third kappa shape index (κ3) is 3.41. The van der Waals surface area contributed by atoms with Crippen LogP contribution in [0, 0.1) is 11.6 Å². The minimum Gasteiger partial charge on any atom is -0.334 e. The first-order valence-corrected chi connectivity index (χ1v) is 7.97. The van der Waals surface area contributed by atoms with E-state index in [4.69, 9.17) is 4.52 Å². The molecule has 0 aliphatic carbocycles. The number of nitrogens with zero attached hydrogens (tertiary/aromatic N) is 2. The summed E-state index contributed by atoms with van der Waals surface area (Å²) >= 11 is 1.92. The quantitative estimate of drug-likeness (QED) is 0.940. The minimum atomic E-state index is -0.707. The van der Waals surface area contributed by atoms with Gasteiger partial charge >= 0.3 is 0 Å². The van der Waals surface area contributed by atoms with Crippen molar-refractivity contribution in [2.75, 3.05) is 11.5 Å². The Bertz CT molecular complexity index is 594.